The molecule has 156 valence electrons. The number of sulfonamides is 1. The van der Waals surface area contributed by atoms with Crippen LogP contribution in [-0.4, -0.2) is 45.5 Å². The van der Waals surface area contributed by atoms with Crippen LogP contribution < -0.4 is 14.4 Å². The lowest BCUT2D eigenvalue weighted by atomic mass is 10.2. The molecule has 0 radical (unpaired) electrons. The van der Waals surface area contributed by atoms with E-state index in [1.807, 2.05) is 37.3 Å². The Morgan fingerprint density at radius 1 is 1.28 bits per heavy atom. The molecule has 0 bridgehead atoms. The molecule has 29 heavy (non-hydrogen) atoms. The first-order valence-electron chi connectivity index (χ1n) is 9.15. The van der Waals surface area contributed by atoms with E-state index in [2.05, 4.69) is 5.32 Å². The van der Waals surface area contributed by atoms with Crippen LogP contribution in [0.1, 0.15) is 12.0 Å². The molecule has 3 rings (SSSR count). The normalized spacial score (nSPS) is 16.5. The maximum absolute atomic E-state index is 12.6. The van der Waals surface area contributed by atoms with Crippen molar-refractivity contribution < 1.29 is 17.9 Å². The van der Waals surface area contributed by atoms with Crippen molar-refractivity contribution >= 4 is 45.0 Å². The maximum Gasteiger partial charge on any atom is 0.261 e. The Morgan fingerprint density at radius 2 is 2.00 bits per heavy atom. The summed E-state index contributed by atoms with van der Waals surface area (Å²) in [5.41, 5.74) is 1.39. The van der Waals surface area contributed by atoms with Gasteiger partial charge in [0.15, 0.2) is 6.10 Å². The Bertz CT molecular complexity index is 980. The van der Waals surface area contributed by atoms with Crippen molar-refractivity contribution in [1.82, 2.24) is 5.32 Å². The first kappa shape index (κ1) is 21.8. The zero-order valence-electron chi connectivity index (χ0n) is 16.2. The highest BCUT2D eigenvalue weighted by molar-refractivity contribution is 7.99. The number of thioether (sulfide) groups is 1. The first-order valence-corrected chi connectivity index (χ1v) is 12.4. The van der Waals surface area contributed by atoms with E-state index in [0.29, 0.717) is 28.8 Å². The molecule has 6 nitrogen and oxygen atoms in total. The zero-order chi connectivity index (χ0) is 21.0. The second-order valence-electron chi connectivity index (χ2n) is 6.79. The number of ether oxygens (including phenoxy) is 1. The van der Waals surface area contributed by atoms with Gasteiger partial charge < -0.3 is 10.1 Å². The zero-order valence-corrected chi connectivity index (χ0v) is 18.6. The van der Waals surface area contributed by atoms with E-state index in [4.69, 9.17) is 16.3 Å². The van der Waals surface area contributed by atoms with Crippen LogP contribution in [0.3, 0.4) is 0 Å². The van der Waals surface area contributed by atoms with Gasteiger partial charge in [-0.25, -0.2) is 8.42 Å². The van der Waals surface area contributed by atoms with Crippen LogP contribution in [-0.2, 0) is 14.8 Å². The van der Waals surface area contributed by atoms with Gasteiger partial charge in [-0.15, -0.1) is 11.8 Å². The van der Waals surface area contributed by atoms with Gasteiger partial charge in [-0.05, 0) is 48.9 Å². The standard InChI is InChI=1S/C20H23ClN2O4S2/c1-14-3-8-18-17(13-14)23(29(2,25)26)11-9-19(27-18)20(24)22-10-12-28-16-6-4-15(21)5-7-16/h3-8,13,19H,9-12H2,1-2H3,(H,22,24)/t19-/m1/s1. The Labute approximate surface area is 180 Å². The molecule has 1 heterocycles. The number of nitrogens with one attached hydrogen (secondary N) is 1. The minimum absolute atomic E-state index is 0.187. The fourth-order valence-electron chi connectivity index (χ4n) is 3.01. The number of rotatable bonds is 6. The average Bonchev–Trinajstić information content (AvgIpc) is 2.85. The molecule has 1 aliphatic heterocycles. The number of carbonyl (C=O) groups excluding carboxylic acids is 1. The van der Waals surface area contributed by atoms with Crippen molar-refractivity contribution in [2.75, 3.05) is 29.4 Å². The van der Waals surface area contributed by atoms with E-state index in [9.17, 15) is 13.2 Å². The first-order chi connectivity index (χ1) is 13.7. The summed E-state index contributed by atoms with van der Waals surface area (Å²) in [4.78, 5) is 13.7. The van der Waals surface area contributed by atoms with E-state index in [1.54, 1.807) is 23.9 Å². The van der Waals surface area contributed by atoms with Gasteiger partial charge in [-0.3, -0.25) is 9.10 Å². The number of hydrogen-bond donors (Lipinski definition) is 1. The predicted molar refractivity (Wildman–Crippen MR) is 118 cm³/mol. The molecular formula is C20H23ClN2O4S2. The van der Waals surface area contributed by atoms with Gasteiger partial charge in [-0.2, -0.15) is 0 Å². The van der Waals surface area contributed by atoms with Crippen molar-refractivity contribution in [2.45, 2.75) is 24.3 Å². The molecule has 2 aromatic carbocycles. The molecule has 2 aromatic rings. The number of nitrogens with zero attached hydrogens (tertiary/aromatic N) is 1. The van der Waals surface area contributed by atoms with E-state index < -0.39 is 16.1 Å². The topological polar surface area (TPSA) is 75.7 Å². The summed E-state index contributed by atoms with van der Waals surface area (Å²) >= 11 is 7.49. The lowest BCUT2D eigenvalue weighted by molar-refractivity contribution is -0.127. The molecule has 0 saturated heterocycles. The summed E-state index contributed by atoms with van der Waals surface area (Å²) in [7, 11) is -3.47. The molecule has 0 saturated carbocycles. The van der Waals surface area contributed by atoms with Crippen LogP contribution in [0.25, 0.3) is 0 Å². The number of fused-ring (bicyclic) bond motifs is 1. The van der Waals surface area contributed by atoms with Gasteiger partial charge in [0.25, 0.3) is 5.91 Å². The van der Waals surface area contributed by atoms with Gasteiger partial charge in [0, 0.05) is 35.2 Å². The molecule has 1 N–H and O–H groups in total. The maximum atomic E-state index is 12.6. The van der Waals surface area contributed by atoms with Crippen molar-refractivity contribution in [1.29, 1.82) is 0 Å². The summed E-state index contributed by atoms with van der Waals surface area (Å²) in [5.74, 6) is 0.850. The number of carbonyl (C=O) groups is 1. The second-order valence-corrected chi connectivity index (χ2v) is 10.3. The molecule has 0 unspecified atom stereocenters. The van der Waals surface area contributed by atoms with Crippen molar-refractivity contribution in [3.8, 4) is 5.75 Å². The van der Waals surface area contributed by atoms with Gasteiger partial charge in [-0.1, -0.05) is 17.7 Å². The number of benzene rings is 2. The number of amides is 1. The number of halogens is 1. The number of aryl methyl sites for hydroxylation is 1. The minimum atomic E-state index is -3.47. The highest BCUT2D eigenvalue weighted by Crippen LogP contribution is 2.35. The van der Waals surface area contributed by atoms with Crippen LogP contribution in [0.4, 0.5) is 5.69 Å². The molecule has 0 aromatic heterocycles. The van der Waals surface area contributed by atoms with E-state index >= 15 is 0 Å². The fraction of sp³-hybridized carbons (Fsp3) is 0.350. The van der Waals surface area contributed by atoms with Gasteiger partial charge >= 0.3 is 0 Å². The third kappa shape index (κ3) is 5.81. The molecule has 9 heteroatoms. The molecule has 0 aliphatic carbocycles. The quantitative estimate of drug-likeness (QED) is 0.534. The van der Waals surface area contributed by atoms with Gasteiger partial charge in [0.2, 0.25) is 10.0 Å². The smallest absolute Gasteiger partial charge is 0.261 e. The highest BCUT2D eigenvalue weighted by Gasteiger charge is 2.31. The van der Waals surface area contributed by atoms with Gasteiger partial charge in [0.05, 0.1) is 11.9 Å². The SMILES string of the molecule is Cc1ccc2c(c1)N(S(C)(=O)=O)CC[C@H](C(=O)NCCSc1ccc(Cl)cc1)O2. The highest BCUT2D eigenvalue weighted by atomic mass is 35.5. The van der Waals surface area contributed by atoms with Crippen molar-refractivity contribution in [2.24, 2.45) is 0 Å². The fourth-order valence-corrected chi connectivity index (χ4v) is 4.84. The summed E-state index contributed by atoms with van der Waals surface area (Å²) in [6.07, 6.45) is 0.688. The summed E-state index contributed by atoms with van der Waals surface area (Å²) in [6.45, 7) is 2.55. The van der Waals surface area contributed by atoms with Crippen LogP contribution in [0.5, 0.6) is 5.75 Å². The van der Waals surface area contributed by atoms with Gasteiger partial charge in [0.1, 0.15) is 5.75 Å². The van der Waals surface area contributed by atoms with Crippen LogP contribution in [0.15, 0.2) is 47.4 Å². The Hall–Kier alpha value is -1.90. The Morgan fingerprint density at radius 3 is 2.69 bits per heavy atom. The summed E-state index contributed by atoms with van der Waals surface area (Å²) in [6, 6.07) is 12.8. The lowest BCUT2D eigenvalue weighted by Crippen LogP contribution is -2.40. The molecule has 1 atom stereocenters. The molecule has 0 fully saturated rings. The second kappa shape index (κ2) is 9.28. The average molecular weight is 455 g/mol. The lowest BCUT2D eigenvalue weighted by Gasteiger charge is -2.21. The van der Waals surface area contributed by atoms with Crippen LogP contribution in [0, 0.1) is 6.92 Å². The molecule has 1 aliphatic rings. The Kier molecular flexibility index (Phi) is 6.97. The minimum Gasteiger partial charge on any atom is -0.478 e. The third-order valence-corrected chi connectivity index (χ3v) is 6.87. The van der Waals surface area contributed by atoms with Crippen LogP contribution in [0.2, 0.25) is 5.02 Å². The predicted octanol–water partition coefficient (Wildman–Crippen LogP) is 3.47. The van der Waals surface area contributed by atoms with E-state index in [-0.39, 0.29) is 18.9 Å². The third-order valence-electron chi connectivity index (χ3n) is 4.42. The van der Waals surface area contributed by atoms with E-state index in [0.717, 1.165) is 16.7 Å². The summed E-state index contributed by atoms with van der Waals surface area (Å²) in [5, 5.41) is 3.57. The van der Waals surface area contributed by atoms with Crippen molar-refractivity contribution in [3.05, 3.63) is 53.1 Å². The number of hydrogen-bond acceptors (Lipinski definition) is 5. The molecular weight excluding hydrogens is 432 g/mol. The number of anilines is 1. The van der Waals surface area contributed by atoms with E-state index in [1.165, 1.54) is 4.31 Å². The molecule has 1 amide bonds. The largest absolute Gasteiger partial charge is 0.478 e. The monoisotopic (exact) mass is 454 g/mol. The van der Waals surface area contributed by atoms with Crippen molar-refractivity contribution in [3.63, 3.8) is 0 Å². The van der Waals surface area contributed by atoms with Crippen LogP contribution >= 0.6 is 23.4 Å². The Balaban J connectivity index is 1.61. The molecule has 0 spiro atoms. The summed E-state index contributed by atoms with van der Waals surface area (Å²) < 4.78 is 31.6.